The number of fused-ring (bicyclic) bond motifs is 2. The van der Waals surface area contributed by atoms with Crippen molar-refractivity contribution in [2.24, 2.45) is 0 Å². The molecule has 6 nitrogen and oxygen atoms in total. The lowest BCUT2D eigenvalue weighted by Gasteiger charge is -2.31. The number of ether oxygens (including phenoxy) is 1. The van der Waals surface area contributed by atoms with Crippen LogP contribution < -0.4 is 4.74 Å². The van der Waals surface area contributed by atoms with Crippen LogP contribution in [0.3, 0.4) is 0 Å². The van der Waals surface area contributed by atoms with Crippen LogP contribution in [0, 0.1) is 0 Å². The highest BCUT2D eigenvalue weighted by molar-refractivity contribution is 7.89. The number of carbonyl (C=O) groups is 1. The third kappa shape index (κ3) is 2.73. The van der Waals surface area contributed by atoms with Crippen molar-refractivity contribution in [1.82, 2.24) is 9.21 Å². The van der Waals surface area contributed by atoms with Gasteiger partial charge in [-0.15, -0.1) is 0 Å². The van der Waals surface area contributed by atoms with Gasteiger partial charge in [0.25, 0.3) is 0 Å². The molecule has 142 valence electrons. The number of benzene rings is 2. The summed E-state index contributed by atoms with van der Waals surface area (Å²) in [6.07, 6.45) is 0.870. The smallest absolute Gasteiger partial charge is 0.244 e. The van der Waals surface area contributed by atoms with Crippen LogP contribution in [0.4, 0.5) is 0 Å². The number of likely N-dealkylation sites (tertiary alicyclic amines) is 1. The molecule has 0 N–H and O–H groups in total. The van der Waals surface area contributed by atoms with Crippen molar-refractivity contribution in [3.05, 3.63) is 59.7 Å². The Morgan fingerprint density at radius 2 is 1.96 bits per heavy atom. The number of methoxy groups -OCH3 is 1. The standard InChI is InChI=1S/C20H22N2O4S/c1-21-20(17-8-3-4-9-18(17)27(21,24)25)10-11-22(14-20)19(23)13-15-6-5-7-16(12-15)26-2/h3-9,12H,10-11,13-14H2,1-2H3/t20-/m0/s1. The van der Waals surface area contributed by atoms with E-state index in [1.165, 1.54) is 4.31 Å². The lowest BCUT2D eigenvalue weighted by atomic mass is 9.89. The van der Waals surface area contributed by atoms with Gasteiger partial charge in [-0.2, -0.15) is 4.31 Å². The van der Waals surface area contributed by atoms with Crippen LogP contribution in [-0.4, -0.2) is 50.8 Å². The summed E-state index contributed by atoms with van der Waals surface area (Å²) in [5.74, 6) is 0.712. The van der Waals surface area contributed by atoms with E-state index in [0.717, 1.165) is 11.1 Å². The van der Waals surface area contributed by atoms with Crippen LogP contribution in [0.1, 0.15) is 17.5 Å². The third-order valence-corrected chi connectivity index (χ3v) is 7.70. The van der Waals surface area contributed by atoms with Crippen molar-refractivity contribution in [2.75, 3.05) is 27.2 Å². The molecule has 1 spiro atoms. The molecule has 0 saturated carbocycles. The van der Waals surface area contributed by atoms with Crippen LogP contribution in [0.15, 0.2) is 53.4 Å². The van der Waals surface area contributed by atoms with E-state index in [2.05, 4.69) is 0 Å². The molecule has 2 aliphatic rings. The van der Waals surface area contributed by atoms with Crippen LogP contribution in [0.2, 0.25) is 0 Å². The zero-order valence-electron chi connectivity index (χ0n) is 15.4. The van der Waals surface area contributed by atoms with E-state index in [0.29, 0.717) is 30.2 Å². The number of likely N-dealkylation sites (N-methyl/N-ethyl adjacent to an activating group) is 1. The van der Waals surface area contributed by atoms with E-state index in [9.17, 15) is 13.2 Å². The number of rotatable bonds is 3. The van der Waals surface area contributed by atoms with Gasteiger partial charge in [0, 0.05) is 20.1 Å². The maximum atomic E-state index is 12.9. The summed E-state index contributed by atoms with van der Waals surface area (Å²) in [5.41, 5.74) is 1.01. The first-order chi connectivity index (χ1) is 12.9. The molecule has 1 amide bonds. The second kappa shape index (κ2) is 6.35. The fourth-order valence-corrected chi connectivity index (χ4v) is 5.96. The Bertz CT molecular complexity index is 1000. The van der Waals surface area contributed by atoms with E-state index in [1.807, 2.05) is 36.4 Å². The zero-order chi connectivity index (χ0) is 19.2. The number of carbonyl (C=O) groups excluding carboxylic acids is 1. The number of hydrogen-bond donors (Lipinski definition) is 0. The molecular formula is C20H22N2O4S. The minimum Gasteiger partial charge on any atom is -0.497 e. The molecular weight excluding hydrogens is 364 g/mol. The van der Waals surface area contributed by atoms with Crippen molar-refractivity contribution in [3.8, 4) is 5.75 Å². The number of amides is 1. The first kappa shape index (κ1) is 18.0. The van der Waals surface area contributed by atoms with Gasteiger partial charge in [-0.05, 0) is 35.7 Å². The summed E-state index contributed by atoms with van der Waals surface area (Å²) in [6.45, 7) is 0.916. The Hall–Kier alpha value is -2.38. The molecule has 4 rings (SSSR count). The molecule has 2 aromatic rings. The third-order valence-electron chi connectivity index (χ3n) is 5.72. The van der Waals surface area contributed by atoms with E-state index in [1.54, 1.807) is 31.2 Å². The molecule has 1 atom stereocenters. The summed E-state index contributed by atoms with van der Waals surface area (Å²) in [5, 5.41) is 0. The minimum atomic E-state index is -3.51. The van der Waals surface area contributed by atoms with E-state index >= 15 is 0 Å². The summed E-state index contributed by atoms with van der Waals surface area (Å²) >= 11 is 0. The number of hydrogen-bond acceptors (Lipinski definition) is 4. The Labute approximate surface area is 159 Å². The first-order valence-electron chi connectivity index (χ1n) is 8.88. The fourth-order valence-electron chi connectivity index (χ4n) is 4.18. The number of nitrogens with zero attached hydrogens (tertiary/aromatic N) is 2. The van der Waals surface area contributed by atoms with Gasteiger partial charge in [-0.1, -0.05) is 30.3 Å². The maximum absolute atomic E-state index is 12.9. The molecule has 1 saturated heterocycles. The number of sulfonamides is 1. The first-order valence-corrected chi connectivity index (χ1v) is 10.3. The van der Waals surface area contributed by atoms with E-state index in [-0.39, 0.29) is 12.3 Å². The van der Waals surface area contributed by atoms with Gasteiger partial charge in [-0.25, -0.2) is 8.42 Å². The van der Waals surface area contributed by atoms with Crippen molar-refractivity contribution in [3.63, 3.8) is 0 Å². The van der Waals surface area contributed by atoms with Gasteiger partial charge in [-0.3, -0.25) is 4.79 Å². The normalized spacial score (nSPS) is 23.6. The predicted molar refractivity (Wildman–Crippen MR) is 101 cm³/mol. The van der Waals surface area contributed by atoms with E-state index in [4.69, 9.17) is 4.74 Å². The lowest BCUT2D eigenvalue weighted by Crippen LogP contribution is -2.44. The summed E-state index contributed by atoms with van der Waals surface area (Å²) in [6, 6.07) is 14.6. The highest BCUT2D eigenvalue weighted by atomic mass is 32.2. The predicted octanol–water partition coefficient (Wildman–Crippen LogP) is 2.00. The molecule has 7 heteroatoms. The summed E-state index contributed by atoms with van der Waals surface area (Å²) in [7, 11) is -0.302. The highest BCUT2D eigenvalue weighted by Crippen LogP contribution is 2.48. The van der Waals surface area contributed by atoms with Crippen LogP contribution in [0.25, 0.3) is 0 Å². The van der Waals surface area contributed by atoms with Crippen molar-refractivity contribution in [2.45, 2.75) is 23.3 Å². The summed E-state index contributed by atoms with van der Waals surface area (Å²) < 4.78 is 32.2. The molecule has 0 radical (unpaired) electrons. The SMILES string of the molecule is COc1cccc(CC(=O)N2CC[C@]3(C2)c2ccccc2S(=O)(=O)N3C)c1. The second-order valence-electron chi connectivity index (χ2n) is 7.09. The van der Waals surface area contributed by atoms with Gasteiger partial charge >= 0.3 is 0 Å². The molecule has 0 unspecified atom stereocenters. The second-order valence-corrected chi connectivity index (χ2v) is 9.03. The molecule has 1 fully saturated rings. The van der Waals surface area contributed by atoms with Crippen molar-refractivity contribution >= 4 is 15.9 Å². The van der Waals surface area contributed by atoms with Crippen molar-refractivity contribution in [1.29, 1.82) is 0 Å². The lowest BCUT2D eigenvalue weighted by molar-refractivity contribution is -0.129. The van der Waals surface area contributed by atoms with Crippen LogP contribution in [-0.2, 0) is 26.8 Å². The van der Waals surface area contributed by atoms with Gasteiger partial charge < -0.3 is 9.64 Å². The average Bonchev–Trinajstić information content (AvgIpc) is 3.19. The van der Waals surface area contributed by atoms with Gasteiger partial charge in [0.1, 0.15) is 5.75 Å². The van der Waals surface area contributed by atoms with Crippen LogP contribution in [0.5, 0.6) is 5.75 Å². The monoisotopic (exact) mass is 386 g/mol. The molecule has 0 aromatic heterocycles. The summed E-state index contributed by atoms with van der Waals surface area (Å²) in [4.78, 5) is 15.0. The molecule has 2 aromatic carbocycles. The topological polar surface area (TPSA) is 66.9 Å². The van der Waals surface area contributed by atoms with Gasteiger partial charge in [0.2, 0.25) is 15.9 Å². The zero-order valence-corrected chi connectivity index (χ0v) is 16.2. The Morgan fingerprint density at radius 1 is 1.19 bits per heavy atom. The fraction of sp³-hybridized carbons (Fsp3) is 0.350. The van der Waals surface area contributed by atoms with Crippen LogP contribution >= 0.6 is 0 Å². The van der Waals surface area contributed by atoms with Gasteiger partial charge in [0.05, 0.1) is 24.0 Å². The Morgan fingerprint density at radius 3 is 2.74 bits per heavy atom. The largest absolute Gasteiger partial charge is 0.497 e. The molecule has 27 heavy (non-hydrogen) atoms. The molecule has 0 bridgehead atoms. The Kier molecular flexibility index (Phi) is 4.24. The molecule has 2 aliphatic heterocycles. The minimum absolute atomic E-state index is 0.00435. The van der Waals surface area contributed by atoms with Crippen molar-refractivity contribution < 1.29 is 17.9 Å². The quantitative estimate of drug-likeness (QED) is 0.809. The average molecular weight is 386 g/mol. The molecule has 2 heterocycles. The highest BCUT2D eigenvalue weighted by Gasteiger charge is 2.55. The molecule has 0 aliphatic carbocycles. The van der Waals surface area contributed by atoms with E-state index < -0.39 is 15.6 Å². The van der Waals surface area contributed by atoms with Gasteiger partial charge in [0.15, 0.2) is 0 Å². The maximum Gasteiger partial charge on any atom is 0.244 e. The Balaban J connectivity index is 1.59.